The minimum absolute atomic E-state index is 0.184. The van der Waals surface area contributed by atoms with Crippen molar-refractivity contribution in [3.05, 3.63) is 35.9 Å². The zero-order chi connectivity index (χ0) is 16.9. The van der Waals surface area contributed by atoms with Crippen LogP contribution in [0, 0.1) is 10.8 Å². The molecular weight excluding hydrogens is 292 g/mol. The van der Waals surface area contributed by atoms with E-state index in [1.54, 1.807) is 0 Å². The van der Waals surface area contributed by atoms with E-state index in [2.05, 4.69) is 24.5 Å². The predicted molar refractivity (Wildman–Crippen MR) is 88.8 cm³/mol. The predicted octanol–water partition coefficient (Wildman–Crippen LogP) is 2.86. The monoisotopic (exact) mass is 318 g/mol. The van der Waals surface area contributed by atoms with Gasteiger partial charge in [-0.1, -0.05) is 51.1 Å². The molecule has 0 saturated carbocycles. The second-order valence-electron chi connectivity index (χ2n) is 6.74. The molecule has 5 nitrogen and oxygen atoms in total. The smallest absolute Gasteiger partial charge is 0.321 e. The highest BCUT2D eigenvalue weighted by Gasteiger charge is 2.51. The number of benzene rings is 1. The van der Waals surface area contributed by atoms with Gasteiger partial charge < -0.3 is 10.1 Å². The fraction of sp³-hybridized carbons (Fsp3) is 0.556. The van der Waals surface area contributed by atoms with Gasteiger partial charge >= 0.3 is 6.03 Å². The highest BCUT2D eigenvalue weighted by molar-refractivity contribution is 6.00. The summed E-state index contributed by atoms with van der Waals surface area (Å²) in [6, 6.07) is 9.61. The van der Waals surface area contributed by atoms with E-state index < -0.39 is 11.4 Å². The summed E-state index contributed by atoms with van der Waals surface area (Å²) >= 11 is 0. The Labute approximate surface area is 137 Å². The van der Waals surface area contributed by atoms with Crippen LogP contribution in [0.25, 0.3) is 0 Å². The molecule has 1 aliphatic heterocycles. The van der Waals surface area contributed by atoms with Crippen molar-refractivity contribution in [2.75, 3.05) is 13.2 Å². The van der Waals surface area contributed by atoms with Crippen molar-refractivity contribution in [1.82, 2.24) is 10.6 Å². The summed E-state index contributed by atoms with van der Waals surface area (Å²) in [6.45, 7) is 7.65. The van der Waals surface area contributed by atoms with Gasteiger partial charge in [-0.05, 0) is 23.8 Å². The van der Waals surface area contributed by atoms with Crippen molar-refractivity contribution in [3.8, 4) is 0 Å². The molecule has 1 fully saturated rings. The summed E-state index contributed by atoms with van der Waals surface area (Å²) in [6.07, 6.45) is 1.42. The van der Waals surface area contributed by atoms with Crippen molar-refractivity contribution < 1.29 is 14.3 Å². The Balaban J connectivity index is 1.94. The van der Waals surface area contributed by atoms with Crippen LogP contribution in [0.15, 0.2) is 30.3 Å². The molecule has 23 heavy (non-hydrogen) atoms. The number of carbonyl (C=O) groups is 2. The first-order valence-electron chi connectivity index (χ1n) is 8.12. The van der Waals surface area contributed by atoms with Crippen LogP contribution in [0.3, 0.4) is 0 Å². The lowest BCUT2D eigenvalue weighted by atomic mass is 9.61. The molecule has 2 rings (SSSR count). The van der Waals surface area contributed by atoms with Crippen molar-refractivity contribution in [2.45, 2.75) is 40.2 Å². The summed E-state index contributed by atoms with van der Waals surface area (Å²) in [5.74, 6) is -0.184. The molecule has 126 valence electrons. The van der Waals surface area contributed by atoms with Crippen LogP contribution in [-0.2, 0) is 16.1 Å². The lowest BCUT2D eigenvalue weighted by Gasteiger charge is -2.47. The first kappa shape index (κ1) is 17.5. The number of carbonyl (C=O) groups excluding carboxylic acids is 2. The molecule has 1 aliphatic rings. The van der Waals surface area contributed by atoms with Crippen molar-refractivity contribution in [1.29, 1.82) is 0 Å². The number of imide groups is 1. The van der Waals surface area contributed by atoms with E-state index in [1.165, 1.54) is 0 Å². The summed E-state index contributed by atoms with van der Waals surface area (Å²) < 4.78 is 5.77. The molecular formula is C18H26N2O3. The van der Waals surface area contributed by atoms with Crippen LogP contribution in [0.1, 0.15) is 39.2 Å². The molecule has 1 aromatic rings. The van der Waals surface area contributed by atoms with Crippen molar-refractivity contribution >= 4 is 11.9 Å². The third kappa shape index (κ3) is 3.72. The van der Waals surface area contributed by atoms with Gasteiger partial charge in [0, 0.05) is 13.2 Å². The summed E-state index contributed by atoms with van der Waals surface area (Å²) in [5.41, 5.74) is 0.255. The fourth-order valence-electron chi connectivity index (χ4n) is 3.22. The highest BCUT2D eigenvalue weighted by Crippen LogP contribution is 2.45. The van der Waals surface area contributed by atoms with Crippen LogP contribution in [0.2, 0.25) is 0 Å². The van der Waals surface area contributed by atoms with Crippen LogP contribution in [-0.4, -0.2) is 25.1 Å². The zero-order valence-corrected chi connectivity index (χ0v) is 14.1. The maximum atomic E-state index is 12.4. The van der Waals surface area contributed by atoms with E-state index >= 15 is 0 Å². The first-order chi connectivity index (χ1) is 10.9. The van der Waals surface area contributed by atoms with E-state index in [0.29, 0.717) is 26.2 Å². The Morgan fingerprint density at radius 1 is 1.22 bits per heavy atom. The third-order valence-electron chi connectivity index (χ3n) is 5.09. The van der Waals surface area contributed by atoms with E-state index in [9.17, 15) is 9.59 Å². The van der Waals surface area contributed by atoms with Gasteiger partial charge in [-0.25, -0.2) is 4.79 Å². The molecule has 1 aromatic carbocycles. The normalized spacial score (nSPS) is 21.7. The summed E-state index contributed by atoms with van der Waals surface area (Å²) in [5, 5.41) is 5.18. The van der Waals surface area contributed by atoms with Gasteiger partial charge in [0.1, 0.15) is 0 Å². The van der Waals surface area contributed by atoms with Crippen LogP contribution in [0.5, 0.6) is 0 Å². The average molecular weight is 318 g/mol. The minimum Gasteiger partial charge on any atom is -0.377 e. The van der Waals surface area contributed by atoms with E-state index in [0.717, 1.165) is 12.0 Å². The number of hydrogen-bond acceptors (Lipinski definition) is 3. The van der Waals surface area contributed by atoms with E-state index in [1.807, 2.05) is 37.3 Å². The van der Waals surface area contributed by atoms with Crippen LogP contribution >= 0.6 is 0 Å². The SMILES string of the molecule is CCC1(C(C)(C)CCOCc2ccccc2)CNC(=O)NC1=O. The maximum absolute atomic E-state index is 12.4. The van der Waals surface area contributed by atoms with Crippen LogP contribution in [0.4, 0.5) is 4.79 Å². The van der Waals surface area contributed by atoms with Crippen LogP contribution < -0.4 is 10.6 Å². The largest absolute Gasteiger partial charge is 0.377 e. The second kappa shape index (κ2) is 7.13. The molecule has 1 heterocycles. The Hall–Kier alpha value is -1.88. The van der Waals surface area contributed by atoms with Gasteiger partial charge in [0.15, 0.2) is 0 Å². The lowest BCUT2D eigenvalue weighted by Crippen LogP contribution is -2.63. The van der Waals surface area contributed by atoms with E-state index in [4.69, 9.17) is 4.74 Å². The Bertz CT molecular complexity index is 557. The maximum Gasteiger partial charge on any atom is 0.321 e. The van der Waals surface area contributed by atoms with Gasteiger partial charge in [-0.2, -0.15) is 0 Å². The number of nitrogens with one attached hydrogen (secondary N) is 2. The van der Waals surface area contributed by atoms with Gasteiger partial charge in [-0.3, -0.25) is 10.1 Å². The molecule has 0 spiro atoms. The number of rotatable bonds is 7. The van der Waals surface area contributed by atoms with Gasteiger partial charge in [0.2, 0.25) is 5.91 Å². The number of amides is 3. The van der Waals surface area contributed by atoms with Crippen molar-refractivity contribution in [3.63, 3.8) is 0 Å². The topological polar surface area (TPSA) is 67.4 Å². The average Bonchev–Trinajstić information content (AvgIpc) is 2.53. The zero-order valence-electron chi connectivity index (χ0n) is 14.1. The number of urea groups is 1. The number of hydrogen-bond donors (Lipinski definition) is 2. The highest BCUT2D eigenvalue weighted by atomic mass is 16.5. The lowest BCUT2D eigenvalue weighted by molar-refractivity contribution is -0.140. The molecule has 0 radical (unpaired) electrons. The Kier molecular flexibility index (Phi) is 5.42. The quantitative estimate of drug-likeness (QED) is 0.760. The summed E-state index contributed by atoms with van der Waals surface area (Å²) in [4.78, 5) is 23.8. The molecule has 5 heteroatoms. The Morgan fingerprint density at radius 3 is 2.52 bits per heavy atom. The molecule has 0 aliphatic carbocycles. The number of ether oxygens (including phenoxy) is 1. The molecule has 0 bridgehead atoms. The molecule has 0 aromatic heterocycles. The van der Waals surface area contributed by atoms with E-state index in [-0.39, 0.29) is 11.3 Å². The molecule has 1 atom stereocenters. The third-order valence-corrected chi connectivity index (χ3v) is 5.09. The van der Waals surface area contributed by atoms with Gasteiger partial charge in [0.05, 0.1) is 12.0 Å². The molecule has 1 saturated heterocycles. The summed E-state index contributed by atoms with van der Waals surface area (Å²) in [7, 11) is 0. The van der Waals surface area contributed by atoms with Gasteiger partial charge in [0.25, 0.3) is 0 Å². The Morgan fingerprint density at radius 2 is 1.91 bits per heavy atom. The first-order valence-corrected chi connectivity index (χ1v) is 8.12. The standard InChI is InChI=1S/C18H26N2O3/c1-4-18(13-19-16(22)20-15(18)21)17(2,3)10-11-23-12-14-8-6-5-7-9-14/h5-9H,4,10-13H2,1-3H3,(H2,19,20,21,22). The van der Waals surface area contributed by atoms with Gasteiger partial charge in [-0.15, -0.1) is 0 Å². The molecule has 3 amide bonds. The minimum atomic E-state index is -0.600. The fourth-order valence-corrected chi connectivity index (χ4v) is 3.22. The molecule has 1 unspecified atom stereocenters. The molecule has 2 N–H and O–H groups in total. The van der Waals surface area contributed by atoms with Crippen molar-refractivity contribution in [2.24, 2.45) is 10.8 Å². The second-order valence-corrected chi connectivity index (χ2v) is 6.74.